The molecule has 116 valence electrons. The molecule has 0 saturated carbocycles. The summed E-state index contributed by atoms with van der Waals surface area (Å²) in [6.07, 6.45) is 0.305. The molecule has 0 radical (unpaired) electrons. The van der Waals surface area contributed by atoms with Crippen LogP contribution >= 0.6 is 11.3 Å². The first-order valence-electron chi connectivity index (χ1n) is 6.94. The lowest BCUT2D eigenvalue weighted by Crippen LogP contribution is -2.51. The maximum Gasteiger partial charge on any atom is 0.329 e. The van der Waals surface area contributed by atoms with Crippen molar-refractivity contribution in [2.24, 2.45) is 0 Å². The Morgan fingerprint density at radius 3 is 2.68 bits per heavy atom. The van der Waals surface area contributed by atoms with Gasteiger partial charge in [0.15, 0.2) is 0 Å². The Labute approximate surface area is 133 Å². The number of carbonyl (C=O) groups excluding carboxylic acids is 1. The van der Waals surface area contributed by atoms with Crippen molar-refractivity contribution in [1.82, 2.24) is 10.3 Å². The van der Waals surface area contributed by atoms with E-state index in [1.807, 2.05) is 18.4 Å². The quantitative estimate of drug-likeness (QED) is 0.888. The number of carboxylic acid groups (broad SMARTS) is 1. The smallest absolute Gasteiger partial charge is 0.329 e. The van der Waals surface area contributed by atoms with Crippen LogP contribution in [0.3, 0.4) is 0 Å². The lowest BCUT2D eigenvalue weighted by Gasteiger charge is -2.24. The van der Waals surface area contributed by atoms with Gasteiger partial charge in [-0.15, -0.1) is 11.3 Å². The molecule has 1 aromatic carbocycles. The van der Waals surface area contributed by atoms with Crippen molar-refractivity contribution >= 4 is 23.2 Å². The van der Waals surface area contributed by atoms with E-state index in [0.29, 0.717) is 12.0 Å². The van der Waals surface area contributed by atoms with Gasteiger partial charge in [-0.25, -0.2) is 9.78 Å². The number of aromatic nitrogens is 1. The SMILES string of the molecule is CCC(C)(NC(=O)c1cccc(-c2csc(C)n2)c1)C(=O)O. The number of nitrogens with one attached hydrogen (secondary N) is 1. The lowest BCUT2D eigenvalue weighted by molar-refractivity contribution is -0.143. The highest BCUT2D eigenvalue weighted by Gasteiger charge is 2.33. The minimum absolute atomic E-state index is 0.305. The van der Waals surface area contributed by atoms with E-state index in [0.717, 1.165) is 16.3 Å². The molecule has 1 unspecified atom stereocenters. The van der Waals surface area contributed by atoms with Gasteiger partial charge in [0.2, 0.25) is 0 Å². The van der Waals surface area contributed by atoms with Crippen molar-refractivity contribution < 1.29 is 14.7 Å². The van der Waals surface area contributed by atoms with E-state index in [4.69, 9.17) is 0 Å². The summed E-state index contributed by atoms with van der Waals surface area (Å²) >= 11 is 1.54. The predicted molar refractivity (Wildman–Crippen MR) is 86.1 cm³/mol. The molecule has 0 aliphatic heterocycles. The van der Waals surface area contributed by atoms with Crippen molar-refractivity contribution in [1.29, 1.82) is 0 Å². The van der Waals surface area contributed by atoms with Gasteiger partial charge in [-0.05, 0) is 32.4 Å². The summed E-state index contributed by atoms with van der Waals surface area (Å²) in [5.74, 6) is -1.45. The van der Waals surface area contributed by atoms with E-state index < -0.39 is 17.4 Å². The molecule has 1 atom stereocenters. The molecule has 5 nitrogen and oxygen atoms in total. The first kappa shape index (κ1) is 16.2. The van der Waals surface area contributed by atoms with E-state index in [1.54, 1.807) is 36.5 Å². The molecule has 1 amide bonds. The van der Waals surface area contributed by atoms with Crippen LogP contribution in [0.2, 0.25) is 0 Å². The Balaban J connectivity index is 2.26. The van der Waals surface area contributed by atoms with Crippen LogP contribution < -0.4 is 5.32 Å². The highest BCUT2D eigenvalue weighted by molar-refractivity contribution is 7.09. The number of hydrogen-bond donors (Lipinski definition) is 2. The molecule has 6 heteroatoms. The summed E-state index contributed by atoms with van der Waals surface area (Å²) in [6.45, 7) is 5.15. The van der Waals surface area contributed by atoms with Crippen LogP contribution in [0.25, 0.3) is 11.3 Å². The van der Waals surface area contributed by atoms with Gasteiger partial charge in [0.25, 0.3) is 5.91 Å². The molecular weight excluding hydrogens is 300 g/mol. The van der Waals surface area contributed by atoms with Crippen LogP contribution in [0.5, 0.6) is 0 Å². The minimum atomic E-state index is -1.27. The molecule has 22 heavy (non-hydrogen) atoms. The Morgan fingerprint density at radius 2 is 2.14 bits per heavy atom. The molecule has 0 fully saturated rings. The number of aliphatic carboxylic acids is 1. The fourth-order valence-electron chi connectivity index (χ4n) is 1.93. The second-order valence-corrected chi connectivity index (χ2v) is 6.34. The van der Waals surface area contributed by atoms with Crippen molar-refractivity contribution in [3.05, 3.63) is 40.2 Å². The predicted octanol–water partition coefficient (Wildman–Crippen LogP) is 3.10. The normalized spacial score (nSPS) is 13.4. The van der Waals surface area contributed by atoms with Gasteiger partial charge in [-0.1, -0.05) is 19.1 Å². The average molecular weight is 318 g/mol. The maximum atomic E-state index is 12.3. The third-order valence-corrected chi connectivity index (χ3v) is 4.38. The first-order valence-corrected chi connectivity index (χ1v) is 7.82. The summed E-state index contributed by atoms with van der Waals surface area (Å²) < 4.78 is 0. The zero-order valence-corrected chi connectivity index (χ0v) is 13.5. The molecule has 2 N–H and O–H groups in total. The summed E-state index contributed by atoms with van der Waals surface area (Å²) in [5.41, 5.74) is 0.799. The summed E-state index contributed by atoms with van der Waals surface area (Å²) in [6, 6.07) is 7.03. The van der Waals surface area contributed by atoms with E-state index in [1.165, 1.54) is 6.92 Å². The lowest BCUT2D eigenvalue weighted by atomic mass is 9.98. The number of carbonyl (C=O) groups is 2. The number of amides is 1. The Morgan fingerprint density at radius 1 is 1.41 bits per heavy atom. The van der Waals surface area contributed by atoms with E-state index in [9.17, 15) is 14.7 Å². The van der Waals surface area contributed by atoms with Gasteiger partial charge in [-0.3, -0.25) is 4.79 Å². The number of hydrogen-bond acceptors (Lipinski definition) is 4. The molecule has 2 rings (SSSR count). The van der Waals surface area contributed by atoms with Crippen LogP contribution in [-0.2, 0) is 4.79 Å². The van der Waals surface area contributed by atoms with Gasteiger partial charge in [-0.2, -0.15) is 0 Å². The van der Waals surface area contributed by atoms with Crippen molar-refractivity contribution in [3.63, 3.8) is 0 Å². The standard InChI is InChI=1S/C16H18N2O3S/c1-4-16(3,15(20)21)18-14(19)12-7-5-6-11(8-12)13-9-22-10(2)17-13/h5-9H,4H2,1-3H3,(H,18,19)(H,20,21). The number of thiazole rings is 1. The number of rotatable bonds is 5. The van der Waals surface area contributed by atoms with Crippen LogP contribution in [0, 0.1) is 6.92 Å². The molecule has 0 saturated heterocycles. The molecule has 0 aliphatic rings. The third-order valence-electron chi connectivity index (χ3n) is 3.61. The second kappa shape index (κ2) is 6.27. The molecule has 0 aliphatic carbocycles. The zero-order chi connectivity index (χ0) is 16.3. The number of nitrogens with zero attached hydrogens (tertiary/aromatic N) is 1. The average Bonchev–Trinajstić information content (AvgIpc) is 2.93. The highest BCUT2D eigenvalue weighted by atomic mass is 32.1. The van der Waals surface area contributed by atoms with E-state index in [2.05, 4.69) is 10.3 Å². The summed E-state index contributed by atoms with van der Waals surface area (Å²) in [7, 11) is 0. The fraction of sp³-hybridized carbons (Fsp3) is 0.312. The van der Waals surface area contributed by atoms with Gasteiger partial charge in [0, 0.05) is 16.5 Å². The highest BCUT2D eigenvalue weighted by Crippen LogP contribution is 2.22. The van der Waals surface area contributed by atoms with Crippen LogP contribution in [0.1, 0.15) is 35.6 Å². The van der Waals surface area contributed by atoms with E-state index >= 15 is 0 Å². The van der Waals surface area contributed by atoms with Crippen molar-refractivity contribution in [2.45, 2.75) is 32.7 Å². The van der Waals surface area contributed by atoms with Gasteiger partial charge >= 0.3 is 5.97 Å². The molecule has 1 aromatic heterocycles. The van der Waals surface area contributed by atoms with Crippen molar-refractivity contribution in [3.8, 4) is 11.3 Å². The molecule has 1 heterocycles. The third kappa shape index (κ3) is 3.33. The van der Waals surface area contributed by atoms with E-state index in [-0.39, 0.29) is 0 Å². The first-order chi connectivity index (χ1) is 10.4. The number of carboxylic acids is 1. The molecule has 0 spiro atoms. The van der Waals surface area contributed by atoms with Gasteiger partial charge in [0.1, 0.15) is 5.54 Å². The fourth-order valence-corrected chi connectivity index (χ4v) is 2.55. The summed E-state index contributed by atoms with van der Waals surface area (Å²) in [5, 5.41) is 14.7. The summed E-state index contributed by atoms with van der Waals surface area (Å²) in [4.78, 5) is 28.0. The Bertz CT molecular complexity index is 711. The van der Waals surface area contributed by atoms with Gasteiger partial charge in [0.05, 0.1) is 10.7 Å². The zero-order valence-electron chi connectivity index (χ0n) is 12.7. The topological polar surface area (TPSA) is 79.3 Å². The van der Waals surface area contributed by atoms with Crippen LogP contribution in [0.15, 0.2) is 29.6 Å². The number of aryl methyl sites for hydroxylation is 1. The Hall–Kier alpha value is -2.21. The Kier molecular flexibility index (Phi) is 4.61. The number of benzene rings is 1. The second-order valence-electron chi connectivity index (χ2n) is 5.28. The van der Waals surface area contributed by atoms with Crippen molar-refractivity contribution in [2.75, 3.05) is 0 Å². The molecular formula is C16H18N2O3S. The largest absolute Gasteiger partial charge is 0.480 e. The van der Waals surface area contributed by atoms with Gasteiger partial charge < -0.3 is 10.4 Å². The monoisotopic (exact) mass is 318 g/mol. The molecule has 2 aromatic rings. The molecule has 0 bridgehead atoms. The minimum Gasteiger partial charge on any atom is -0.480 e. The van der Waals surface area contributed by atoms with Crippen LogP contribution in [0.4, 0.5) is 0 Å². The van der Waals surface area contributed by atoms with Crippen LogP contribution in [-0.4, -0.2) is 27.5 Å². The maximum absolute atomic E-state index is 12.3.